The number of urea groups is 1. The average molecular weight is 549 g/mol. The van der Waals surface area contributed by atoms with Crippen molar-refractivity contribution in [1.29, 1.82) is 0 Å². The van der Waals surface area contributed by atoms with E-state index in [1.807, 2.05) is 30.3 Å². The number of amides is 3. The van der Waals surface area contributed by atoms with E-state index < -0.39 is 6.03 Å². The zero-order valence-corrected chi connectivity index (χ0v) is 21.7. The van der Waals surface area contributed by atoms with Crippen LogP contribution in [-0.4, -0.2) is 34.5 Å². The molecule has 2 heterocycles. The van der Waals surface area contributed by atoms with Crippen molar-refractivity contribution in [2.45, 2.75) is 13.0 Å². The highest BCUT2D eigenvalue weighted by Gasteiger charge is 2.21. The summed E-state index contributed by atoms with van der Waals surface area (Å²) in [7, 11) is 1.62. The fourth-order valence-corrected chi connectivity index (χ4v) is 4.51. The third-order valence-electron chi connectivity index (χ3n) is 5.73. The molecule has 1 aromatic heterocycles. The maximum Gasteiger partial charge on any atom is 0.323 e. The van der Waals surface area contributed by atoms with Crippen molar-refractivity contribution >= 4 is 63.7 Å². The standard InChI is InChI=1S/C27H22Cl2N6O3/c1-38-22-7-5-16(6-8-22)15-35-26-24(14-30-35)33-23(13-25(36)34-26)17-3-2-4-20(9-17)31-27(37)32-21-11-18(28)10-19(29)12-21/h2-12,14H,13,15H2,1H3,(H,34,36)(H2,31,32,37). The number of hydrogen-bond donors (Lipinski definition) is 3. The summed E-state index contributed by atoms with van der Waals surface area (Å²) in [6.07, 6.45) is 1.68. The number of anilines is 3. The summed E-state index contributed by atoms with van der Waals surface area (Å²) in [5.41, 5.74) is 3.77. The molecule has 38 heavy (non-hydrogen) atoms. The van der Waals surface area contributed by atoms with Crippen molar-refractivity contribution in [1.82, 2.24) is 9.78 Å². The van der Waals surface area contributed by atoms with Gasteiger partial charge in [-0.25, -0.2) is 14.5 Å². The summed E-state index contributed by atoms with van der Waals surface area (Å²) in [5, 5.41) is 13.6. The van der Waals surface area contributed by atoms with Gasteiger partial charge in [-0.05, 0) is 53.6 Å². The quantitative estimate of drug-likeness (QED) is 0.260. The van der Waals surface area contributed by atoms with Crippen LogP contribution in [0.3, 0.4) is 0 Å². The zero-order valence-electron chi connectivity index (χ0n) is 20.2. The van der Waals surface area contributed by atoms with Crippen LogP contribution in [0.5, 0.6) is 5.75 Å². The van der Waals surface area contributed by atoms with Crippen LogP contribution in [0, 0.1) is 0 Å². The van der Waals surface area contributed by atoms with Crippen LogP contribution in [0.1, 0.15) is 17.5 Å². The van der Waals surface area contributed by atoms with Crippen LogP contribution >= 0.6 is 23.2 Å². The first-order valence-electron chi connectivity index (χ1n) is 11.6. The van der Waals surface area contributed by atoms with Crippen LogP contribution < -0.4 is 20.7 Å². The number of nitrogens with zero attached hydrogens (tertiary/aromatic N) is 3. The SMILES string of the molecule is COc1ccc(Cn2ncc3c2NC(=O)CC(c2cccc(NC(=O)Nc4cc(Cl)cc(Cl)c4)c2)=N3)cc1. The van der Waals surface area contributed by atoms with E-state index in [0.717, 1.165) is 11.3 Å². The van der Waals surface area contributed by atoms with Crippen molar-refractivity contribution in [3.63, 3.8) is 0 Å². The summed E-state index contributed by atoms with van der Waals surface area (Å²) in [6.45, 7) is 0.455. The summed E-state index contributed by atoms with van der Waals surface area (Å²) >= 11 is 12.0. The lowest BCUT2D eigenvalue weighted by atomic mass is 10.1. The number of carbonyl (C=O) groups excluding carboxylic acids is 2. The minimum Gasteiger partial charge on any atom is -0.497 e. The Labute approximate surface area is 228 Å². The number of halogens is 2. The number of fused-ring (bicyclic) bond motifs is 1. The molecule has 192 valence electrons. The molecule has 9 nitrogen and oxygen atoms in total. The van der Waals surface area contributed by atoms with Crippen LogP contribution in [0.15, 0.2) is 77.9 Å². The molecule has 0 radical (unpaired) electrons. The molecule has 0 saturated heterocycles. The van der Waals surface area contributed by atoms with Crippen LogP contribution in [0.25, 0.3) is 0 Å². The highest BCUT2D eigenvalue weighted by Crippen LogP contribution is 2.30. The fraction of sp³-hybridized carbons (Fsp3) is 0.111. The van der Waals surface area contributed by atoms with E-state index in [1.54, 1.807) is 54.4 Å². The molecule has 0 aliphatic carbocycles. The van der Waals surface area contributed by atoms with E-state index in [2.05, 4.69) is 21.0 Å². The van der Waals surface area contributed by atoms with Gasteiger partial charge < -0.3 is 20.7 Å². The molecule has 3 N–H and O–H groups in total. The number of methoxy groups -OCH3 is 1. The molecule has 0 fully saturated rings. The van der Waals surface area contributed by atoms with Gasteiger partial charge in [0.15, 0.2) is 5.82 Å². The number of aliphatic imine (C=N–C) groups is 1. The fourth-order valence-electron chi connectivity index (χ4n) is 3.99. The smallest absolute Gasteiger partial charge is 0.323 e. The number of rotatable bonds is 6. The Hall–Kier alpha value is -4.34. The molecule has 4 aromatic rings. The molecule has 1 aliphatic heterocycles. The van der Waals surface area contributed by atoms with Gasteiger partial charge in [0.1, 0.15) is 11.4 Å². The van der Waals surface area contributed by atoms with Crippen LogP contribution in [0.2, 0.25) is 10.0 Å². The second-order valence-electron chi connectivity index (χ2n) is 8.49. The summed E-state index contributed by atoms with van der Waals surface area (Å²) in [5.74, 6) is 1.07. The molecule has 3 amide bonds. The first kappa shape index (κ1) is 25.3. The summed E-state index contributed by atoms with van der Waals surface area (Å²) < 4.78 is 6.91. The van der Waals surface area contributed by atoms with Gasteiger partial charge in [-0.1, -0.05) is 47.5 Å². The van der Waals surface area contributed by atoms with Gasteiger partial charge in [-0.2, -0.15) is 5.10 Å². The number of carbonyl (C=O) groups is 2. The third kappa shape index (κ3) is 5.96. The minimum absolute atomic E-state index is 0.0634. The van der Waals surface area contributed by atoms with Gasteiger partial charge in [0.05, 0.1) is 32.0 Å². The Kier molecular flexibility index (Phi) is 7.30. The number of nitrogens with one attached hydrogen (secondary N) is 3. The molecule has 3 aromatic carbocycles. The number of hydrogen-bond acceptors (Lipinski definition) is 5. The number of aromatic nitrogens is 2. The van der Waals surface area contributed by atoms with E-state index in [4.69, 9.17) is 32.9 Å². The first-order valence-corrected chi connectivity index (χ1v) is 12.3. The Morgan fingerprint density at radius 3 is 2.50 bits per heavy atom. The predicted molar refractivity (Wildman–Crippen MR) is 149 cm³/mol. The van der Waals surface area contributed by atoms with Crippen LogP contribution in [-0.2, 0) is 11.3 Å². The molecule has 0 atom stereocenters. The molecule has 1 aliphatic rings. The van der Waals surface area contributed by atoms with Gasteiger partial charge in [0, 0.05) is 21.4 Å². The van der Waals surface area contributed by atoms with E-state index in [-0.39, 0.29) is 12.3 Å². The lowest BCUT2D eigenvalue weighted by molar-refractivity contribution is -0.115. The molecule has 0 saturated carbocycles. The molecule has 0 unspecified atom stereocenters. The molecule has 0 spiro atoms. The summed E-state index contributed by atoms with van der Waals surface area (Å²) in [4.78, 5) is 30.0. The molecule has 5 rings (SSSR count). The second kappa shape index (κ2) is 11.0. The molecule has 11 heteroatoms. The van der Waals surface area contributed by atoms with Crippen molar-refractivity contribution in [3.8, 4) is 5.75 Å². The van der Waals surface area contributed by atoms with Crippen LogP contribution in [0.4, 0.5) is 27.7 Å². The Morgan fingerprint density at radius 2 is 1.76 bits per heavy atom. The average Bonchev–Trinajstić information content (AvgIpc) is 3.14. The monoisotopic (exact) mass is 548 g/mol. The number of ether oxygens (including phenoxy) is 1. The highest BCUT2D eigenvalue weighted by molar-refractivity contribution is 6.35. The largest absolute Gasteiger partial charge is 0.497 e. The van der Waals surface area contributed by atoms with Crippen molar-refractivity contribution < 1.29 is 14.3 Å². The maximum absolute atomic E-state index is 12.8. The van der Waals surface area contributed by atoms with Gasteiger partial charge in [-0.3, -0.25) is 4.79 Å². The number of benzene rings is 3. The highest BCUT2D eigenvalue weighted by atomic mass is 35.5. The van der Waals surface area contributed by atoms with E-state index >= 15 is 0 Å². The van der Waals surface area contributed by atoms with E-state index in [9.17, 15) is 9.59 Å². The zero-order chi connectivity index (χ0) is 26.6. The third-order valence-corrected chi connectivity index (χ3v) is 6.16. The summed E-state index contributed by atoms with van der Waals surface area (Å²) in [6, 6.07) is 19.0. The van der Waals surface area contributed by atoms with Gasteiger partial charge >= 0.3 is 6.03 Å². The van der Waals surface area contributed by atoms with E-state index in [1.165, 1.54) is 0 Å². The molecule has 0 bridgehead atoms. The topological polar surface area (TPSA) is 110 Å². The van der Waals surface area contributed by atoms with Gasteiger partial charge in [0.2, 0.25) is 5.91 Å². The molecular weight excluding hydrogens is 527 g/mol. The van der Waals surface area contributed by atoms with Crippen molar-refractivity contribution in [2.75, 3.05) is 23.1 Å². The van der Waals surface area contributed by atoms with Gasteiger partial charge in [0.25, 0.3) is 0 Å². The molecular formula is C27H22Cl2N6O3. The Morgan fingerprint density at radius 1 is 1.03 bits per heavy atom. The van der Waals surface area contributed by atoms with Crippen molar-refractivity contribution in [2.24, 2.45) is 4.99 Å². The maximum atomic E-state index is 12.8. The lowest BCUT2D eigenvalue weighted by Gasteiger charge is -2.10. The van der Waals surface area contributed by atoms with E-state index in [0.29, 0.717) is 50.7 Å². The lowest BCUT2D eigenvalue weighted by Crippen LogP contribution is -2.20. The predicted octanol–water partition coefficient (Wildman–Crippen LogP) is 6.35. The van der Waals surface area contributed by atoms with Gasteiger partial charge in [-0.15, -0.1) is 0 Å². The second-order valence-corrected chi connectivity index (χ2v) is 9.36. The Bertz CT molecular complexity index is 1530. The first-order chi connectivity index (χ1) is 18.4. The Balaban J connectivity index is 1.34. The normalized spacial score (nSPS) is 12.6. The van der Waals surface area contributed by atoms with Crippen molar-refractivity contribution in [3.05, 3.63) is 94.1 Å². The minimum atomic E-state index is -0.469.